The minimum Gasteiger partial charge on any atom is -0.496 e. The second-order valence-electron chi connectivity index (χ2n) is 6.22. The van der Waals surface area contributed by atoms with Gasteiger partial charge in [0.15, 0.2) is 0 Å². The minimum absolute atomic E-state index is 0.247. The molecule has 146 valence electrons. The van der Waals surface area contributed by atoms with E-state index in [4.69, 9.17) is 21.1 Å². The number of carbonyl (C=O) groups is 1. The van der Waals surface area contributed by atoms with Crippen LogP contribution >= 0.6 is 11.6 Å². The molecule has 3 aromatic rings. The fourth-order valence-electron chi connectivity index (χ4n) is 3.03. The summed E-state index contributed by atoms with van der Waals surface area (Å²) < 4.78 is 12.5. The lowest BCUT2D eigenvalue weighted by Gasteiger charge is -2.17. The van der Waals surface area contributed by atoms with Crippen molar-refractivity contribution >= 4 is 17.5 Å². The van der Waals surface area contributed by atoms with Crippen molar-refractivity contribution in [2.24, 2.45) is 7.05 Å². The molecule has 0 spiro atoms. The van der Waals surface area contributed by atoms with Crippen molar-refractivity contribution in [2.45, 2.75) is 6.10 Å². The van der Waals surface area contributed by atoms with Gasteiger partial charge < -0.3 is 14.8 Å². The fraction of sp³-hybridized carbons (Fsp3) is 0.238. The third-order valence-electron chi connectivity index (χ3n) is 4.42. The Kier molecular flexibility index (Phi) is 6.34. The molecule has 0 radical (unpaired) electrons. The summed E-state index contributed by atoms with van der Waals surface area (Å²) in [4.78, 5) is 12.9. The zero-order valence-corrected chi connectivity index (χ0v) is 16.7. The molecule has 1 atom stereocenters. The van der Waals surface area contributed by atoms with E-state index in [1.54, 1.807) is 38.2 Å². The zero-order valence-electron chi connectivity index (χ0n) is 16.0. The molecule has 6 nitrogen and oxygen atoms in total. The van der Waals surface area contributed by atoms with E-state index in [9.17, 15) is 4.79 Å². The number of benzene rings is 2. The first-order valence-corrected chi connectivity index (χ1v) is 9.15. The Labute approximate surface area is 169 Å². The van der Waals surface area contributed by atoms with E-state index in [1.807, 2.05) is 42.5 Å². The molecule has 1 aromatic heterocycles. The average molecular weight is 400 g/mol. The smallest absolute Gasteiger partial charge is 0.255 e. The highest BCUT2D eigenvalue weighted by Gasteiger charge is 2.21. The van der Waals surface area contributed by atoms with Crippen LogP contribution in [0.4, 0.5) is 0 Å². The first-order valence-electron chi connectivity index (χ1n) is 8.77. The summed E-state index contributed by atoms with van der Waals surface area (Å²) in [6, 6.07) is 14.9. The first kappa shape index (κ1) is 19.9. The van der Waals surface area contributed by atoms with E-state index in [0.717, 1.165) is 11.1 Å². The normalized spacial score (nSPS) is 11.9. The van der Waals surface area contributed by atoms with Gasteiger partial charge in [0.1, 0.15) is 17.5 Å². The maximum atomic E-state index is 12.9. The van der Waals surface area contributed by atoms with Gasteiger partial charge in [-0.2, -0.15) is 5.10 Å². The molecule has 28 heavy (non-hydrogen) atoms. The Morgan fingerprint density at radius 1 is 1.18 bits per heavy atom. The number of nitrogens with one attached hydrogen (secondary N) is 1. The molecule has 0 aliphatic carbocycles. The van der Waals surface area contributed by atoms with E-state index in [1.165, 1.54) is 0 Å². The summed E-state index contributed by atoms with van der Waals surface area (Å²) in [7, 11) is 4.95. The van der Waals surface area contributed by atoms with Gasteiger partial charge in [0.05, 0.1) is 12.7 Å². The van der Waals surface area contributed by atoms with Gasteiger partial charge >= 0.3 is 0 Å². The quantitative estimate of drug-likeness (QED) is 0.655. The Morgan fingerprint density at radius 3 is 2.61 bits per heavy atom. The van der Waals surface area contributed by atoms with Crippen molar-refractivity contribution in [3.63, 3.8) is 0 Å². The lowest BCUT2D eigenvalue weighted by atomic mass is 10.1. The van der Waals surface area contributed by atoms with Crippen LogP contribution in [0.3, 0.4) is 0 Å². The Hall–Kier alpha value is -2.83. The van der Waals surface area contributed by atoms with Crippen molar-refractivity contribution in [3.8, 4) is 17.0 Å². The van der Waals surface area contributed by atoms with Gasteiger partial charge in [0.2, 0.25) is 0 Å². The number of ether oxygens (including phenoxy) is 2. The summed E-state index contributed by atoms with van der Waals surface area (Å²) in [5.41, 5.74) is 2.60. The molecule has 1 N–H and O–H groups in total. The van der Waals surface area contributed by atoms with Gasteiger partial charge in [-0.25, -0.2) is 0 Å². The molecule has 1 amide bonds. The number of methoxy groups -OCH3 is 2. The van der Waals surface area contributed by atoms with E-state index in [-0.39, 0.29) is 18.6 Å². The second kappa shape index (κ2) is 8.91. The van der Waals surface area contributed by atoms with Crippen LogP contribution in [0, 0.1) is 0 Å². The molecular weight excluding hydrogens is 378 g/mol. The van der Waals surface area contributed by atoms with E-state index >= 15 is 0 Å². The second-order valence-corrected chi connectivity index (χ2v) is 6.63. The van der Waals surface area contributed by atoms with Gasteiger partial charge in [0, 0.05) is 43.0 Å². The highest BCUT2D eigenvalue weighted by atomic mass is 35.5. The molecule has 0 bridgehead atoms. The molecule has 7 heteroatoms. The van der Waals surface area contributed by atoms with E-state index in [0.29, 0.717) is 22.0 Å². The van der Waals surface area contributed by atoms with Crippen LogP contribution < -0.4 is 10.1 Å². The van der Waals surface area contributed by atoms with Crippen molar-refractivity contribution < 1.29 is 14.3 Å². The minimum atomic E-state index is -0.357. The number of hydrogen-bond donors (Lipinski definition) is 1. The average Bonchev–Trinajstić information content (AvgIpc) is 3.11. The highest BCUT2D eigenvalue weighted by molar-refractivity contribution is 6.31. The number of halogens is 1. The van der Waals surface area contributed by atoms with Crippen LogP contribution in [0.5, 0.6) is 5.75 Å². The van der Waals surface area contributed by atoms with Crippen LogP contribution in [-0.4, -0.2) is 36.5 Å². The predicted octanol–water partition coefficient (Wildman–Crippen LogP) is 3.87. The summed E-state index contributed by atoms with van der Waals surface area (Å²) in [6.45, 7) is 0.277. The maximum Gasteiger partial charge on any atom is 0.255 e. The number of aryl methyl sites for hydroxylation is 1. The summed E-state index contributed by atoms with van der Waals surface area (Å²) in [5.74, 6) is 0.407. The lowest BCUT2D eigenvalue weighted by molar-refractivity contribution is 0.0828. The molecule has 0 aliphatic heterocycles. The SMILES string of the molecule is COc1ccccc1-c1nn(C)cc1C(=O)NC[C@H](OC)c1ccccc1Cl. The monoisotopic (exact) mass is 399 g/mol. The molecule has 0 saturated heterocycles. The Bertz CT molecular complexity index is 971. The third-order valence-corrected chi connectivity index (χ3v) is 4.76. The van der Waals surface area contributed by atoms with Crippen LogP contribution in [0.25, 0.3) is 11.3 Å². The summed E-state index contributed by atoms with van der Waals surface area (Å²) in [6.07, 6.45) is 1.33. The number of carbonyl (C=O) groups excluding carboxylic acids is 1. The predicted molar refractivity (Wildman–Crippen MR) is 109 cm³/mol. The topological polar surface area (TPSA) is 65.4 Å². The van der Waals surface area contributed by atoms with E-state index < -0.39 is 0 Å². The Morgan fingerprint density at radius 2 is 1.89 bits per heavy atom. The third kappa shape index (κ3) is 4.18. The number of nitrogens with zero attached hydrogens (tertiary/aromatic N) is 2. The molecule has 0 aliphatic rings. The van der Waals surface area contributed by atoms with Gasteiger partial charge in [0.25, 0.3) is 5.91 Å². The number of rotatable bonds is 7. The van der Waals surface area contributed by atoms with Crippen molar-refractivity contribution in [1.82, 2.24) is 15.1 Å². The van der Waals surface area contributed by atoms with Crippen molar-refractivity contribution in [2.75, 3.05) is 20.8 Å². The maximum absolute atomic E-state index is 12.9. The standard InChI is InChI=1S/C21H22ClN3O3/c1-25-13-16(20(24-25)15-9-5-7-11-18(15)27-2)21(26)23-12-19(28-3)14-8-4-6-10-17(14)22/h4-11,13,19H,12H2,1-3H3,(H,23,26)/t19-/m0/s1. The largest absolute Gasteiger partial charge is 0.496 e. The first-order chi connectivity index (χ1) is 13.5. The molecule has 3 rings (SSSR count). The zero-order chi connectivity index (χ0) is 20.1. The van der Waals surface area contributed by atoms with Crippen LogP contribution in [0.2, 0.25) is 5.02 Å². The highest BCUT2D eigenvalue weighted by Crippen LogP contribution is 2.31. The number of amides is 1. The number of aromatic nitrogens is 2. The molecule has 0 unspecified atom stereocenters. The van der Waals surface area contributed by atoms with Gasteiger partial charge in [-0.05, 0) is 18.2 Å². The molecular formula is C21H22ClN3O3. The lowest BCUT2D eigenvalue weighted by Crippen LogP contribution is -2.29. The molecule has 0 fully saturated rings. The summed E-state index contributed by atoms with van der Waals surface area (Å²) >= 11 is 6.25. The van der Waals surface area contributed by atoms with Gasteiger partial charge in [-0.1, -0.05) is 41.9 Å². The van der Waals surface area contributed by atoms with Gasteiger partial charge in [-0.3, -0.25) is 9.48 Å². The fourth-order valence-corrected chi connectivity index (χ4v) is 3.29. The summed E-state index contributed by atoms with van der Waals surface area (Å²) in [5, 5.41) is 7.97. The molecule has 1 heterocycles. The van der Waals surface area contributed by atoms with Crippen molar-refractivity contribution in [1.29, 1.82) is 0 Å². The molecule has 0 saturated carbocycles. The van der Waals surface area contributed by atoms with Crippen LogP contribution in [0.1, 0.15) is 22.0 Å². The number of hydrogen-bond acceptors (Lipinski definition) is 4. The Balaban J connectivity index is 1.83. The van der Waals surface area contributed by atoms with E-state index in [2.05, 4.69) is 10.4 Å². The van der Waals surface area contributed by atoms with Crippen LogP contribution in [0.15, 0.2) is 54.7 Å². The van der Waals surface area contributed by atoms with Gasteiger partial charge in [-0.15, -0.1) is 0 Å². The van der Waals surface area contributed by atoms with Crippen molar-refractivity contribution in [3.05, 3.63) is 70.9 Å². The molecule has 2 aromatic carbocycles. The number of para-hydroxylation sites is 1. The van der Waals surface area contributed by atoms with Crippen LogP contribution in [-0.2, 0) is 11.8 Å².